The highest BCUT2D eigenvalue weighted by Gasteiger charge is 2.24. The molecule has 1 aliphatic rings. The number of esters is 1. The molecule has 7 nitrogen and oxygen atoms in total. The molecule has 0 aromatic heterocycles. The lowest BCUT2D eigenvalue weighted by atomic mass is 10.1. The maximum absolute atomic E-state index is 11.6. The number of amidine groups is 1. The largest absolute Gasteiger partial charge is 0.496 e. The number of nitrogens with one attached hydrogen (secondary N) is 1. The number of rotatable bonds is 4. The molecule has 120 valence electrons. The first-order chi connectivity index (χ1) is 11.0. The van der Waals surface area contributed by atoms with Crippen LogP contribution < -0.4 is 10.1 Å². The number of benzene rings is 1. The number of ether oxygens (including phenoxy) is 2. The van der Waals surface area contributed by atoms with Gasteiger partial charge in [0, 0.05) is 6.08 Å². The molecule has 0 radical (unpaired) electrons. The molecule has 1 fully saturated rings. The van der Waals surface area contributed by atoms with Gasteiger partial charge < -0.3 is 9.47 Å². The van der Waals surface area contributed by atoms with Crippen molar-refractivity contribution in [2.24, 2.45) is 10.2 Å². The van der Waals surface area contributed by atoms with Crippen LogP contribution in [0.1, 0.15) is 11.1 Å². The second kappa shape index (κ2) is 7.59. The van der Waals surface area contributed by atoms with E-state index in [4.69, 9.17) is 4.74 Å². The number of hydrogen-bond donors (Lipinski definition) is 1. The Kier molecular flexibility index (Phi) is 5.53. The second-order valence-corrected chi connectivity index (χ2v) is 5.50. The molecule has 1 heterocycles. The third-order valence-corrected chi connectivity index (χ3v) is 3.78. The first kappa shape index (κ1) is 16.8. The molecule has 0 bridgehead atoms. The topological polar surface area (TPSA) is 89.3 Å². The molecule has 2 rings (SSSR count). The average Bonchev–Trinajstić information content (AvgIpc) is 2.87. The summed E-state index contributed by atoms with van der Waals surface area (Å²) in [5.41, 5.74) is 1.84. The average molecular weight is 333 g/mol. The van der Waals surface area contributed by atoms with Gasteiger partial charge in [-0.15, -0.1) is 5.10 Å². The van der Waals surface area contributed by atoms with Crippen LogP contribution in [0.4, 0.5) is 0 Å². The first-order valence-corrected chi connectivity index (χ1v) is 7.39. The van der Waals surface area contributed by atoms with Gasteiger partial charge in [-0.25, -0.2) is 4.79 Å². The van der Waals surface area contributed by atoms with E-state index in [1.54, 1.807) is 13.3 Å². The molecule has 0 aliphatic carbocycles. The maximum Gasteiger partial charge on any atom is 0.331 e. The minimum atomic E-state index is -0.596. The molecule has 1 aliphatic heterocycles. The van der Waals surface area contributed by atoms with Crippen LogP contribution in [-0.2, 0) is 14.3 Å². The van der Waals surface area contributed by atoms with Crippen molar-refractivity contribution < 1.29 is 19.1 Å². The Morgan fingerprint density at radius 2 is 2.13 bits per heavy atom. The van der Waals surface area contributed by atoms with E-state index in [1.165, 1.54) is 7.11 Å². The zero-order valence-corrected chi connectivity index (χ0v) is 13.6. The minimum absolute atomic E-state index is 0.214. The van der Waals surface area contributed by atoms with Crippen LogP contribution in [0, 0.1) is 6.92 Å². The summed E-state index contributed by atoms with van der Waals surface area (Å²) in [6, 6.07) is 5.59. The van der Waals surface area contributed by atoms with Crippen molar-refractivity contribution in [2.75, 3.05) is 14.2 Å². The molecule has 1 amide bonds. The smallest absolute Gasteiger partial charge is 0.331 e. The van der Waals surface area contributed by atoms with Gasteiger partial charge in [0.2, 0.25) is 0 Å². The van der Waals surface area contributed by atoms with Crippen LogP contribution in [-0.4, -0.2) is 37.5 Å². The Morgan fingerprint density at radius 1 is 1.35 bits per heavy atom. The highest BCUT2D eigenvalue weighted by molar-refractivity contribution is 8.18. The fourth-order valence-corrected chi connectivity index (χ4v) is 2.51. The molecular formula is C15H15N3O4S. The standard InChI is InChI=1S/C15H15N3O4S/c1-9-6-10(4-5-11(9)21-2)8-16-18-15-17-14(20)12(23-15)7-13(19)22-3/h4-8H,1-3H3,(H,17,18,20)/b12-7+,16-8?. The Balaban J connectivity index is 2.06. The van der Waals surface area contributed by atoms with Gasteiger partial charge in [-0.2, -0.15) is 5.10 Å². The Bertz CT molecular complexity index is 725. The summed E-state index contributed by atoms with van der Waals surface area (Å²) < 4.78 is 9.66. The summed E-state index contributed by atoms with van der Waals surface area (Å²) in [4.78, 5) is 23.0. The second-order valence-electron chi connectivity index (χ2n) is 4.47. The monoisotopic (exact) mass is 333 g/mol. The van der Waals surface area contributed by atoms with Gasteiger partial charge in [-0.1, -0.05) is 0 Å². The number of carbonyl (C=O) groups excluding carboxylic acids is 2. The third kappa shape index (κ3) is 4.43. The zero-order valence-electron chi connectivity index (χ0n) is 12.8. The highest BCUT2D eigenvalue weighted by Crippen LogP contribution is 2.23. The molecule has 0 atom stereocenters. The van der Waals surface area contributed by atoms with Gasteiger partial charge in [0.15, 0.2) is 5.17 Å². The molecule has 0 spiro atoms. The minimum Gasteiger partial charge on any atom is -0.496 e. The molecule has 0 unspecified atom stereocenters. The van der Waals surface area contributed by atoms with Crippen molar-refractivity contribution >= 4 is 35.0 Å². The van der Waals surface area contributed by atoms with Crippen LogP contribution in [0.3, 0.4) is 0 Å². The van der Waals surface area contributed by atoms with Crippen molar-refractivity contribution in [1.29, 1.82) is 0 Å². The van der Waals surface area contributed by atoms with Crippen LogP contribution in [0.2, 0.25) is 0 Å². The quantitative estimate of drug-likeness (QED) is 0.391. The number of thioether (sulfide) groups is 1. The number of methoxy groups -OCH3 is 2. The van der Waals surface area contributed by atoms with Crippen LogP contribution in [0.5, 0.6) is 5.75 Å². The van der Waals surface area contributed by atoms with Gasteiger partial charge in [0.25, 0.3) is 5.91 Å². The molecule has 1 aromatic rings. The van der Waals surface area contributed by atoms with Crippen molar-refractivity contribution in [3.63, 3.8) is 0 Å². The van der Waals surface area contributed by atoms with E-state index in [9.17, 15) is 9.59 Å². The lowest BCUT2D eigenvalue weighted by Crippen LogP contribution is -2.19. The van der Waals surface area contributed by atoms with Crippen molar-refractivity contribution in [3.05, 3.63) is 40.3 Å². The molecule has 1 N–H and O–H groups in total. The summed E-state index contributed by atoms with van der Waals surface area (Å²) >= 11 is 1.02. The van der Waals surface area contributed by atoms with Crippen LogP contribution in [0.15, 0.2) is 39.4 Å². The fraction of sp³-hybridized carbons (Fsp3) is 0.200. The summed E-state index contributed by atoms with van der Waals surface area (Å²) in [7, 11) is 2.86. The number of aryl methyl sites for hydroxylation is 1. The highest BCUT2D eigenvalue weighted by atomic mass is 32.2. The summed E-state index contributed by atoms with van der Waals surface area (Å²) in [5.74, 6) is -0.208. The summed E-state index contributed by atoms with van der Waals surface area (Å²) in [5, 5.41) is 10.7. The normalized spacial score (nSPS) is 17.8. The van der Waals surface area contributed by atoms with E-state index in [1.807, 2.05) is 25.1 Å². The molecule has 0 saturated carbocycles. The lowest BCUT2D eigenvalue weighted by molar-refractivity contribution is -0.135. The van der Waals surface area contributed by atoms with Gasteiger partial charge >= 0.3 is 5.97 Å². The van der Waals surface area contributed by atoms with E-state index in [0.717, 1.165) is 34.7 Å². The van der Waals surface area contributed by atoms with E-state index in [0.29, 0.717) is 5.17 Å². The zero-order chi connectivity index (χ0) is 16.8. The van der Waals surface area contributed by atoms with Crippen molar-refractivity contribution in [2.45, 2.75) is 6.92 Å². The fourth-order valence-electron chi connectivity index (χ4n) is 1.77. The summed E-state index contributed by atoms with van der Waals surface area (Å²) in [6.45, 7) is 1.93. The predicted molar refractivity (Wildman–Crippen MR) is 88.6 cm³/mol. The maximum atomic E-state index is 11.6. The summed E-state index contributed by atoms with van der Waals surface area (Å²) in [6.07, 6.45) is 2.67. The number of carbonyl (C=O) groups is 2. The van der Waals surface area contributed by atoms with Crippen LogP contribution >= 0.6 is 11.8 Å². The Hall–Kier alpha value is -2.61. The lowest BCUT2D eigenvalue weighted by Gasteiger charge is -2.03. The first-order valence-electron chi connectivity index (χ1n) is 6.58. The molecule has 23 heavy (non-hydrogen) atoms. The molecule has 1 aromatic carbocycles. The van der Waals surface area contributed by atoms with E-state index in [-0.39, 0.29) is 4.91 Å². The van der Waals surface area contributed by atoms with Crippen molar-refractivity contribution in [3.8, 4) is 5.75 Å². The molecule has 1 saturated heterocycles. The van der Waals surface area contributed by atoms with Crippen LogP contribution in [0.25, 0.3) is 0 Å². The number of amides is 1. The SMILES string of the molecule is COC(=O)/C=C1/S/C(=N\N=Cc2ccc(OC)c(C)c2)NC1=O. The van der Waals surface area contributed by atoms with E-state index < -0.39 is 11.9 Å². The van der Waals surface area contributed by atoms with Crippen molar-refractivity contribution in [1.82, 2.24) is 5.32 Å². The molecule has 8 heteroatoms. The van der Waals surface area contributed by atoms with Gasteiger partial charge in [-0.05, 0) is 48.0 Å². The van der Waals surface area contributed by atoms with Gasteiger partial charge in [-0.3, -0.25) is 10.1 Å². The Labute approximate surface area is 137 Å². The van der Waals surface area contributed by atoms with E-state index >= 15 is 0 Å². The van der Waals surface area contributed by atoms with Gasteiger partial charge in [0.1, 0.15) is 5.75 Å². The number of nitrogens with zero attached hydrogens (tertiary/aromatic N) is 2. The number of hydrogen-bond acceptors (Lipinski definition) is 7. The van der Waals surface area contributed by atoms with Gasteiger partial charge in [0.05, 0.1) is 25.3 Å². The third-order valence-electron chi connectivity index (χ3n) is 2.88. The Morgan fingerprint density at radius 3 is 2.78 bits per heavy atom. The molecular weight excluding hydrogens is 318 g/mol. The van der Waals surface area contributed by atoms with E-state index in [2.05, 4.69) is 20.3 Å². The predicted octanol–water partition coefficient (Wildman–Crippen LogP) is 1.61.